The van der Waals surface area contributed by atoms with Crippen LogP contribution in [0.5, 0.6) is 0 Å². The molecule has 0 spiro atoms. The fraction of sp³-hybridized carbons (Fsp3) is 0.146. The fourth-order valence-electron chi connectivity index (χ4n) is 4.71. The van der Waals surface area contributed by atoms with E-state index in [1.807, 2.05) is 47.0 Å². The zero-order chi connectivity index (χ0) is 37.9. The first kappa shape index (κ1) is 45.2. The monoisotopic (exact) mass is 896 g/mol. The van der Waals surface area contributed by atoms with Crippen LogP contribution in [0.15, 0.2) is 173 Å². The predicted octanol–water partition coefficient (Wildman–Crippen LogP) is 13.3. The van der Waals surface area contributed by atoms with Gasteiger partial charge in [0.1, 0.15) is 0 Å². The van der Waals surface area contributed by atoms with Crippen LogP contribution >= 0.6 is 47.0 Å². The van der Waals surface area contributed by atoms with Crippen LogP contribution < -0.4 is 0 Å². The average molecular weight is 896 g/mol. The molecule has 0 heterocycles. The van der Waals surface area contributed by atoms with Crippen molar-refractivity contribution in [2.24, 2.45) is 0 Å². The molecule has 0 aliphatic heterocycles. The van der Waals surface area contributed by atoms with Crippen LogP contribution in [-0.2, 0) is 29.6 Å². The Kier molecular flexibility index (Phi) is 18.1. The summed E-state index contributed by atoms with van der Waals surface area (Å²) < 4.78 is 58.9. The minimum absolute atomic E-state index is 0. The van der Waals surface area contributed by atoms with Gasteiger partial charge in [-0.15, -0.1) is 0 Å². The Morgan fingerprint density at radius 2 is 0.604 bits per heavy atom. The van der Waals surface area contributed by atoms with Gasteiger partial charge >= 0.3 is 25.0 Å². The summed E-state index contributed by atoms with van der Waals surface area (Å²) in [6.07, 6.45) is 0. The minimum atomic E-state index is -6.09. The standard InChI is InChI=1S/C30H22S4.C10H15.CHF3O3S.Ru/c1-5-13-23(14-6-1)31-27-21-29(33-25-17-9-3-10-18-25)30(34-26-19-11-4-12-20-26)22-28(27)32-24-15-7-2-8-16-24;1-6-7(2)9(4)10(5)8(6)3;2-1(3,4)8(5,6)7;/h1-22H;1-5H3;(H,5,6,7);/q;;;+2/p-1. The molecule has 0 bridgehead atoms. The van der Waals surface area contributed by atoms with Crippen LogP contribution in [-0.4, -0.2) is 18.5 Å². The number of rotatable bonds is 8. The van der Waals surface area contributed by atoms with Gasteiger partial charge in [0.15, 0.2) is 10.1 Å². The number of benzene rings is 5. The van der Waals surface area contributed by atoms with Gasteiger partial charge in [-0.05, 0) is 90.3 Å². The Hall–Kier alpha value is -2.18. The zero-order valence-corrected chi connectivity index (χ0v) is 35.3. The molecule has 1 saturated carbocycles. The average Bonchev–Trinajstić information content (AvgIpc) is 3.28. The molecule has 0 atom stereocenters. The van der Waals surface area contributed by atoms with Crippen LogP contribution in [0.4, 0.5) is 13.2 Å². The number of hydrogen-bond donors (Lipinski definition) is 0. The van der Waals surface area contributed by atoms with Gasteiger partial charge in [0.2, 0.25) is 0 Å². The topological polar surface area (TPSA) is 57.2 Å². The van der Waals surface area contributed by atoms with Gasteiger partial charge in [-0.25, -0.2) is 8.42 Å². The van der Waals surface area contributed by atoms with Gasteiger partial charge in [0.05, 0.1) is 0 Å². The molecular formula is C41H37F3O3RuS5+. The van der Waals surface area contributed by atoms with Crippen molar-refractivity contribution in [2.75, 3.05) is 0 Å². The SMILES string of the molecule is C[C]1[C](C)[C](C)[C](C)[C]1C.O=S(=O)([O-])C(F)(F)F.[Ru+2].c1ccc(Sc2cc(Sc3ccccc3)c(Sc3ccccc3)cc2Sc2ccccc2)cc1. The Morgan fingerprint density at radius 1 is 0.434 bits per heavy atom. The molecule has 6 rings (SSSR count). The molecule has 1 aliphatic carbocycles. The van der Waals surface area contributed by atoms with Gasteiger partial charge in [-0.2, -0.15) is 13.2 Å². The molecule has 0 amide bonds. The van der Waals surface area contributed by atoms with Gasteiger partial charge in [0.25, 0.3) is 0 Å². The second-order valence-corrected chi connectivity index (χ2v) is 17.3. The molecule has 1 fully saturated rings. The van der Waals surface area contributed by atoms with Crippen LogP contribution in [0, 0.1) is 29.6 Å². The second kappa shape index (κ2) is 21.2. The summed E-state index contributed by atoms with van der Waals surface area (Å²) in [4.78, 5) is 10.1. The number of hydrogen-bond acceptors (Lipinski definition) is 7. The van der Waals surface area contributed by atoms with Crippen molar-refractivity contribution in [1.29, 1.82) is 0 Å². The van der Waals surface area contributed by atoms with E-state index in [4.69, 9.17) is 13.0 Å². The van der Waals surface area contributed by atoms with Gasteiger partial charge in [-0.1, -0.05) is 154 Å². The molecule has 0 unspecified atom stereocenters. The van der Waals surface area contributed by atoms with Crippen molar-refractivity contribution < 1.29 is 45.6 Å². The molecule has 12 heteroatoms. The third-order valence-corrected chi connectivity index (χ3v) is 13.1. The first-order valence-electron chi connectivity index (χ1n) is 16.0. The molecule has 277 valence electrons. The summed E-state index contributed by atoms with van der Waals surface area (Å²) in [5.41, 5.74) is -5.65. The van der Waals surface area contributed by atoms with Gasteiger partial charge in [-0.3, -0.25) is 0 Å². The molecule has 0 aromatic heterocycles. The molecule has 53 heavy (non-hydrogen) atoms. The summed E-state index contributed by atoms with van der Waals surface area (Å²) in [6, 6.07) is 47.3. The maximum atomic E-state index is 10.7. The van der Waals surface area contributed by atoms with E-state index in [1.54, 1.807) is 0 Å². The number of alkyl halides is 3. The first-order chi connectivity index (χ1) is 24.6. The molecule has 3 nitrogen and oxygen atoms in total. The molecule has 0 saturated heterocycles. The van der Waals surface area contributed by atoms with Crippen molar-refractivity contribution >= 4 is 57.2 Å². The van der Waals surface area contributed by atoms with E-state index in [0.717, 1.165) is 0 Å². The van der Waals surface area contributed by atoms with Crippen LogP contribution in [0.3, 0.4) is 0 Å². The van der Waals surface area contributed by atoms with Crippen molar-refractivity contribution in [3.05, 3.63) is 163 Å². The van der Waals surface area contributed by atoms with Crippen molar-refractivity contribution in [3.63, 3.8) is 0 Å². The summed E-state index contributed by atoms with van der Waals surface area (Å²) >= 11 is 7.32. The third kappa shape index (κ3) is 13.8. The summed E-state index contributed by atoms with van der Waals surface area (Å²) in [5.74, 6) is 7.34. The van der Waals surface area contributed by atoms with Gasteiger partial charge in [0, 0.05) is 39.2 Å². The van der Waals surface area contributed by atoms with Crippen LogP contribution in [0.25, 0.3) is 0 Å². The zero-order valence-electron chi connectivity index (χ0n) is 29.5. The van der Waals surface area contributed by atoms with E-state index >= 15 is 0 Å². The predicted molar refractivity (Wildman–Crippen MR) is 209 cm³/mol. The molecule has 5 aromatic carbocycles. The first-order valence-corrected chi connectivity index (χ1v) is 20.6. The van der Waals surface area contributed by atoms with E-state index in [2.05, 4.69) is 168 Å². The van der Waals surface area contributed by atoms with Crippen LogP contribution in [0.2, 0.25) is 0 Å². The normalized spacial score (nSPS) is 14.4. The Labute approximate surface area is 342 Å². The van der Waals surface area contributed by atoms with Crippen molar-refractivity contribution in [1.82, 2.24) is 0 Å². The summed E-state index contributed by atoms with van der Waals surface area (Å²) in [7, 11) is -6.09. The van der Waals surface area contributed by atoms with E-state index < -0.39 is 15.6 Å². The summed E-state index contributed by atoms with van der Waals surface area (Å²) in [5, 5.41) is 0. The largest absolute Gasteiger partial charge is 2.00 e. The summed E-state index contributed by atoms with van der Waals surface area (Å²) in [6.45, 7) is 11.0. The van der Waals surface area contributed by atoms with Crippen LogP contribution in [0.1, 0.15) is 34.6 Å². The number of halogens is 3. The van der Waals surface area contributed by atoms with E-state index in [1.165, 1.54) is 68.8 Å². The smallest absolute Gasteiger partial charge is 0.741 e. The molecule has 5 radical (unpaired) electrons. The Balaban J connectivity index is 0.000000328. The minimum Gasteiger partial charge on any atom is -0.741 e. The fourth-order valence-corrected chi connectivity index (χ4v) is 8.89. The molecular weight excluding hydrogens is 859 g/mol. The Bertz CT molecular complexity index is 1680. The maximum absolute atomic E-state index is 10.7. The Morgan fingerprint density at radius 3 is 0.755 bits per heavy atom. The third-order valence-electron chi connectivity index (χ3n) is 7.99. The van der Waals surface area contributed by atoms with E-state index in [0.29, 0.717) is 0 Å². The van der Waals surface area contributed by atoms with E-state index in [-0.39, 0.29) is 19.5 Å². The van der Waals surface area contributed by atoms with E-state index in [9.17, 15) is 13.2 Å². The van der Waals surface area contributed by atoms with Crippen molar-refractivity contribution in [3.8, 4) is 0 Å². The molecule has 5 aromatic rings. The second-order valence-electron chi connectivity index (χ2n) is 11.4. The molecule has 1 aliphatic rings. The van der Waals surface area contributed by atoms with Crippen molar-refractivity contribution in [2.45, 2.75) is 79.3 Å². The quantitative estimate of drug-likeness (QED) is 0.0873. The molecule has 0 N–H and O–H groups in total. The maximum Gasteiger partial charge on any atom is 2.00 e. The van der Waals surface area contributed by atoms with Gasteiger partial charge < -0.3 is 4.55 Å².